The van der Waals surface area contributed by atoms with E-state index in [-0.39, 0.29) is 0 Å². The van der Waals surface area contributed by atoms with Crippen molar-refractivity contribution in [3.63, 3.8) is 0 Å². The Hall–Kier alpha value is -1.78. The molecule has 0 aromatic carbocycles. The maximum atomic E-state index is 5.61. The summed E-state index contributed by atoms with van der Waals surface area (Å²) < 4.78 is 12.4. The second kappa shape index (κ2) is 4.38. The second-order valence-corrected chi connectivity index (χ2v) is 3.66. The molecule has 86 valence electrons. The number of nitrogens with zero attached hydrogens (tertiary/aromatic N) is 3. The highest BCUT2D eigenvalue weighted by atomic mass is 16.5. The van der Waals surface area contributed by atoms with Crippen LogP contribution in [0.2, 0.25) is 0 Å². The van der Waals surface area contributed by atoms with Gasteiger partial charge in [0.1, 0.15) is 12.4 Å². The van der Waals surface area contributed by atoms with E-state index in [0.29, 0.717) is 6.61 Å². The molecule has 0 aliphatic rings. The third kappa shape index (κ3) is 2.08. The summed E-state index contributed by atoms with van der Waals surface area (Å²) in [6.07, 6.45) is 4.37. The average Bonchev–Trinajstić information content (AvgIpc) is 2.82. The normalized spacial score (nSPS) is 10.7. The second-order valence-electron chi connectivity index (χ2n) is 3.66. The van der Waals surface area contributed by atoms with Gasteiger partial charge in [-0.05, 0) is 13.3 Å². The van der Waals surface area contributed by atoms with Crippen molar-refractivity contribution < 1.29 is 9.26 Å². The van der Waals surface area contributed by atoms with Crippen LogP contribution in [0.25, 0.3) is 0 Å². The molecule has 0 N–H and O–H groups in total. The Morgan fingerprint density at radius 2 is 2.31 bits per heavy atom. The lowest BCUT2D eigenvalue weighted by Crippen LogP contribution is -1.98. The zero-order valence-corrected chi connectivity index (χ0v) is 9.73. The van der Waals surface area contributed by atoms with Crippen LogP contribution in [0, 0.1) is 6.92 Å². The molecule has 0 unspecified atom stereocenters. The summed E-state index contributed by atoms with van der Waals surface area (Å²) >= 11 is 0. The highest BCUT2D eigenvalue weighted by Crippen LogP contribution is 2.17. The van der Waals surface area contributed by atoms with Gasteiger partial charge in [-0.3, -0.25) is 4.68 Å². The Bertz CT molecular complexity index is 473. The predicted molar refractivity (Wildman–Crippen MR) is 58.2 cm³/mol. The molecule has 2 rings (SSSR count). The quantitative estimate of drug-likeness (QED) is 0.790. The lowest BCUT2D eigenvalue weighted by atomic mass is 10.2. The number of aryl methyl sites for hydroxylation is 3. The Labute approximate surface area is 94.0 Å². The number of hydrogen-bond donors (Lipinski definition) is 0. The maximum Gasteiger partial charge on any atom is 0.157 e. The Balaban J connectivity index is 2.06. The zero-order valence-electron chi connectivity index (χ0n) is 9.73. The summed E-state index contributed by atoms with van der Waals surface area (Å²) in [5.41, 5.74) is 1.99. The molecule has 2 heterocycles. The molecule has 0 bridgehead atoms. The summed E-state index contributed by atoms with van der Waals surface area (Å²) in [6, 6.07) is 0. The van der Waals surface area contributed by atoms with Crippen LogP contribution in [0.15, 0.2) is 16.9 Å². The summed E-state index contributed by atoms with van der Waals surface area (Å²) in [5.74, 6) is 1.57. The number of aromatic nitrogens is 3. The Morgan fingerprint density at radius 3 is 2.94 bits per heavy atom. The molecule has 0 fully saturated rings. The van der Waals surface area contributed by atoms with Gasteiger partial charge < -0.3 is 9.26 Å². The predicted octanol–water partition coefficient (Wildman–Crippen LogP) is 1.86. The molecule has 0 spiro atoms. The van der Waals surface area contributed by atoms with Crippen LogP contribution in [0.4, 0.5) is 0 Å². The molecule has 0 saturated heterocycles. The number of rotatable bonds is 4. The fraction of sp³-hybridized carbons (Fsp3) is 0.455. The average molecular weight is 221 g/mol. The minimum absolute atomic E-state index is 0.476. The van der Waals surface area contributed by atoms with Crippen LogP contribution >= 0.6 is 0 Å². The van der Waals surface area contributed by atoms with Crippen molar-refractivity contribution >= 4 is 0 Å². The SMILES string of the molecule is CCc1noc(C)c1COc1cnn(C)c1. The summed E-state index contributed by atoms with van der Waals surface area (Å²) in [6.45, 7) is 4.42. The van der Waals surface area contributed by atoms with E-state index < -0.39 is 0 Å². The van der Waals surface area contributed by atoms with Crippen LogP contribution < -0.4 is 4.74 Å². The third-order valence-electron chi connectivity index (χ3n) is 2.47. The summed E-state index contributed by atoms with van der Waals surface area (Å²) in [5, 5.41) is 8.01. The topological polar surface area (TPSA) is 53.1 Å². The molecule has 0 radical (unpaired) electrons. The molecule has 2 aromatic rings. The van der Waals surface area contributed by atoms with E-state index in [2.05, 4.69) is 10.3 Å². The molecule has 0 saturated carbocycles. The smallest absolute Gasteiger partial charge is 0.157 e. The van der Waals surface area contributed by atoms with Crippen molar-refractivity contribution in [2.24, 2.45) is 7.05 Å². The third-order valence-corrected chi connectivity index (χ3v) is 2.47. The standard InChI is InChI=1S/C11H15N3O2/c1-4-11-10(8(2)16-13-11)7-15-9-5-12-14(3)6-9/h5-6H,4,7H2,1-3H3. The highest BCUT2D eigenvalue weighted by Gasteiger charge is 2.11. The molecule has 2 aromatic heterocycles. The molecule has 16 heavy (non-hydrogen) atoms. The van der Waals surface area contributed by atoms with E-state index in [4.69, 9.17) is 9.26 Å². The molecule has 5 nitrogen and oxygen atoms in total. The number of ether oxygens (including phenoxy) is 1. The van der Waals surface area contributed by atoms with Gasteiger partial charge in [-0.15, -0.1) is 0 Å². The van der Waals surface area contributed by atoms with E-state index in [1.54, 1.807) is 10.9 Å². The van der Waals surface area contributed by atoms with Gasteiger partial charge in [0.2, 0.25) is 0 Å². The van der Waals surface area contributed by atoms with Crippen LogP contribution in [0.5, 0.6) is 5.75 Å². The summed E-state index contributed by atoms with van der Waals surface area (Å²) in [7, 11) is 1.86. The van der Waals surface area contributed by atoms with Gasteiger partial charge in [0.15, 0.2) is 5.75 Å². The molecule has 0 aliphatic heterocycles. The van der Waals surface area contributed by atoms with E-state index in [0.717, 1.165) is 29.2 Å². The molecule has 0 atom stereocenters. The lowest BCUT2D eigenvalue weighted by Gasteiger charge is -2.02. The Kier molecular flexibility index (Phi) is 2.94. The van der Waals surface area contributed by atoms with Crippen LogP contribution in [-0.4, -0.2) is 14.9 Å². The van der Waals surface area contributed by atoms with E-state index in [9.17, 15) is 0 Å². The Morgan fingerprint density at radius 1 is 1.50 bits per heavy atom. The van der Waals surface area contributed by atoms with Crippen molar-refractivity contribution in [2.75, 3.05) is 0 Å². The molecular formula is C11H15N3O2. The maximum absolute atomic E-state index is 5.61. The molecular weight excluding hydrogens is 206 g/mol. The van der Waals surface area contributed by atoms with Crippen LogP contribution in [0.3, 0.4) is 0 Å². The minimum atomic E-state index is 0.476. The van der Waals surface area contributed by atoms with Crippen molar-refractivity contribution in [1.29, 1.82) is 0 Å². The first-order valence-electron chi connectivity index (χ1n) is 5.26. The van der Waals surface area contributed by atoms with Crippen molar-refractivity contribution in [2.45, 2.75) is 26.9 Å². The van der Waals surface area contributed by atoms with Gasteiger partial charge in [-0.25, -0.2) is 0 Å². The fourth-order valence-corrected chi connectivity index (χ4v) is 1.53. The van der Waals surface area contributed by atoms with Gasteiger partial charge in [-0.1, -0.05) is 12.1 Å². The molecule has 0 amide bonds. The van der Waals surface area contributed by atoms with E-state index in [1.165, 1.54) is 0 Å². The van der Waals surface area contributed by atoms with Crippen molar-refractivity contribution in [1.82, 2.24) is 14.9 Å². The minimum Gasteiger partial charge on any atom is -0.485 e. The van der Waals surface area contributed by atoms with Gasteiger partial charge in [0.25, 0.3) is 0 Å². The largest absolute Gasteiger partial charge is 0.485 e. The van der Waals surface area contributed by atoms with Gasteiger partial charge in [0.05, 0.1) is 23.7 Å². The molecule has 5 heteroatoms. The zero-order chi connectivity index (χ0) is 11.5. The van der Waals surface area contributed by atoms with E-state index in [1.807, 2.05) is 27.1 Å². The van der Waals surface area contributed by atoms with Crippen LogP contribution in [0.1, 0.15) is 23.9 Å². The fourth-order valence-electron chi connectivity index (χ4n) is 1.53. The first-order valence-corrected chi connectivity index (χ1v) is 5.26. The molecule has 0 aliphatic carbocycles. The van der Waals surface area contributed by atoms with Gasteiger partial charge in [0, 0.05) is 7.05 Å². The van der Waals surface area contributed by atoms with Gasteiger partial charge in [-0.2, -0.15) is 5.10 Å². The lowest BCUT2D eigenvalue weighted by molar-refractivity contribution is 0.301. The highest BCUT2D eigenvalue weighted by molar-refractivity contribution is 5.22. The summed E-state index contributed by atoms with van der Waals surface area (Å²) in [4.78, 5) is 0. The first-order chi connectivity index (χ1) is 7.70. The number of hydrogen-bond acceptors (Lipinski definition) is 4. The monoisotopic (exact) mass is 221 g/mol. The van der Waals surface area contributed by atoms with Crippen LogP contribution in [-0.2, 0) is 20.1 Å². The van der Waals surface area contributed by atoms with E-state index >= 15 is 0 Å². The van der Waals surface area contributed by atoms with Crippen molar-refractivity contribution in [3.05, 3.63) is 29.4 Å². The van der Waals surface area contributed by atoms with Crippen molar-refractivity contribution in [3.8, 4) is 5.75 Å². The van der Waals surface area contributed by atoms with Gasteiger partial charge >= 0.3 is 0 Å². The first kappa shape index (κ1) is 10.7.